The van der Waals surface area contributed by atoms with Crippen LogP contribution in [-0.2, 0) is 26.2 Å². The molecule has 10 heteroatoms. The molecule has 2 rings (SSSR count). The van der Waals surface area contributed by atoms with E-state index in [9.17, 15) is 18.0 Å². The average molecular weight is 548 g/mol. The number of amides is 2. The Bertz CT molecular complexity index is 1150. The number of hydrogen-bond donors (Lipinski definition) is 1. The van der Waals surface area contributed by atoms with Gasteiger partial charge in [0.25, 0.3) is 0 Å². The minimum absolute atomic E-state index is 0.0702. The molecule has 0 saturated heterocycles. The van der Waals surface area contributed by atoms with Crippen molar-refractivity contribution in [2.24, 2.45) is 5.92 Å². The van der Waals surface area contributed by atoms with E-state index < -0.39 is 16.1 Å². The molecule has 0 heterocycles. The number of carbonyl (C=O) groups excluding carboxylic acids is 2. The predicted molar refractivity (Wildman–Crippen MR) is 150 cm³/mol. The Morgan fingerprint density at radius 3 is 2.26 bits per heavy atom. The average Bonchev–Trinajstić information content (AvgIpc) is 2.88. The smallest absolute Gasteiger partial charge is 0.242 e. The van der Waals surface area contributed by atoms with Crippen LogP contribution in [-0.4, -0.2) is 64.2 Å². The molecule has 0 aliphatic rings. The van der Waals surface area contributed by atoms with Gasteiger partial charge >= 0.3 is 0 Å². The van der Waals surface area contributed by atoms with E-state index in [0.717, 1.165) is 11.8 Å². The van der Waals surface area contributed by atoms with Crippen molar-refractivity contribution in [1.82, 2.24) is 10.2 Å². The van der Waals surface area contributed by atoms with Gasteiger partial charge in [-0.05, 0) is 56.0 Å². The number of benzene rings is 2. The lowest BCUT2D eigenvalue weighted by Gasteiger charge is -2.30. The lowest BCUT2D eigenvalue weighted by molar-refractivity contribution is -0.140. The third kappa shape index (κ3) is 9.24. The second-order valence-corrected chi connectivity index (χ2v) is 11.4. The number of methoxy groups -OCH3 is 1. The number of anilines is 1. The van der Waals surface area contributed by atoms with Gasteiger partial charge in [-0.3, -0.25) is 13.9 Å². The third-order valence-electron chi connectivity index (χ3n) is 5.95. The summed E-state index contributed by atoms with van der Waals surface area (Å²) in [5.41, 5.74) is 1.28. The zero-order chi connectivity index (χ0) is 28.3. The van der Waals surface area contributed by atoms with Crippen LogP contribution < -0.4 is 19.1 Å². The molecule has 2 aromatic carbocycles. The topological polar surface area (TPSA) is 105 Å². The Labute approximate surface area is 227 Å². The van der Waals surface area contributed by atoms with Crippen LogP contribution in [0.3, 0.4) is 0 Å². The van der Waals surface area contributed by atoms with Crippen molar-refractivity contribution in [3.63, 3.8) is 0 Å². The number of nitrogens with one attached hydrogen (secondary N) is 1. The molecule has 38 heavy (non-hydrogen) atoms. The van der Waals surface area contributed by atoms with Crippen LogP contribution in [0.4, 0.5) is 5.69 Å². The SMILES string of the molecule is CCOc1ccccc1N(CCCC(=O)N(Cc1ccc(OC)cc1)[C@@H](C)C(=O)NCC(C)C)S(C)(=O)=O. The minimum Gasteiger partial charge on any atom is -0.497 e. The van der Waals surface area contributed by atoms with Crippen LogP contribution in [0.1, 0.15) is 46.1 Å². The summed E-state index contributed by atoms with van der Waals surface area (Å²) < 4.78 is 37.4. The number of carbonyl (C=O) groups is 2. The predicted octanol–water partition coefficient (Wildman–Crippen LogP) is 3.83. The molecule has 210 valence electrons. The zero-order valence-corrected chi connectivity index (χ0v) is 24.1. The Morgan fingerprint density at radius 1 is 1.03 bits per heavy atom. The van der Waals surface area contributed by atoms with Gasteiger partial charge in [0.05, 0.1) is 25.7 Å². The summed E-state index contributed by atoms with van der Waals surface area (Å²) in [6, 6.07) is 13.6. The quantitative estimate of drug-likeness (QED) is 0.363. The van der Waals surface area contributed by atoms with Crippen molar-refractivity contribution in [1.29, 1.82) is 0 Å². The fraction of sp³-hybridized carbons (Fsp3) is 0.500. The summed E-state index contributed by atoms with van der Waals surface area (Å²) in [6.45, 7) is 8.78. The van der Waals surface area contributed by atoms with Crippen molar-refractivity contribution < 1.29 is 27.5 Å². The fourth-order valence-corrected chi connectivity index (χ4v) is 4.85. The van der Waals surface area contributed by atoms with Gasteiger partial charge in [-0.25, -0.2) is 8.42 Å². The van der Waals surface area contributed by atoms with E-state index in [1.807, 2.05) is 32.9 Å². The van der Waals surface area contributed by atoms with Gasteiger partial charge in [0.15, 0.2) is 0 Å². The number of rotatable bonds is 15. The monoisotopic (exact) mass is 547 g/mol. The molecule has 0 bridgehead atoms. The van der Waals surface area contributed by atoms with E-state index in [-0.39, 0.29) is 43.7 Å². The molecule has 2 amide bonds. The van der Waals surface area contributed by atoms with Gasteiger partial charge in [0, 0.05) is 26.1 Å². The molecule has 0 aromatic heterocycles. The largest absolute Gasteiger partial charge is 0.497 e. The highest BCUT2D eigenvalue weighted by molar-refractivity contribution is 7.92. The molecule has 0 saturated carbocycles. The van der Waals surface area contributed by atoms with Crippen LogP contribution in [0.25, 0.3) is 0 Å². The summed E-state index contributed by atoms with van der Waals surface area (Å²) in [6.07, 6.45) is 1.47. The highest BCUT2D eigenvalue weighted by Gasteiger charge is 2.27. The molecule has 0 radical (unpaired) electrons. The first kappa shape index (κ1) is 31.0. The molecule has 0 aliphatic carbocycles. The second kappa shape index (κ2) is 14.6. The van der Waals surface area contributed by atoms with Gasteiger partial charge < -0.3 is 19.7 Å². The number of hydrogen-bond acceptors (Lipinski definition) is 6. The highest BCUT2D eigenvalue weighted by Crippen LogP contribution is 2.30. The van der Waals surface area contributed by atoms with Gasteiger partial charge in [0.1, 0.15) is 17.5 Å². The summed E-state index contributed by atoms with van der Waals surface area (Å²) in [5, 5.41) is 2.90. The number of nitrogens with zero attached hydrogens (tertiary/aromatic N) is 2. The Kier molecular flexibility index (Phi) is 11.9. The van der Waals surface area contributed by atoms with E-state index in [1.165, 1.54) is 9.21 Å². The summed E-state index contributed by atoms with van der Waals surface area (Å²) >= 11 is 0. The molecule has 2 aromatic rings. The first-order chi connectivity index (χ1) is 18.0. The van der Waals surface area contributed by atoms with Crippen molar-refractivity contribution in [2.45, 2.75) is 53.1 Å². The van der Waals surface area contributed by atoms with Gasteiger partial charge in [-0.1, -0.05) is 38.1 Å². The summed E-state index contributed by atoms with van der Waals surface area (Å²) in [7, 11) is -2.04. The van der Waals surface area contributed by atoms with Gasteiger partial charge in [-0.2, -0.15) is 0 Å². The van der Waals surface area contributed by atoms with Crippen molar-refractivity contribution >= 4 is 27.5 Å². The van der Waals surface area contributed by atoms with Gasteiger partial charge in [-0.15, -0.1) is 0 Å². The summed E-state index contributed by atoms with van der Waals surface area (Å²) in [5.74, 6) is 0.966. The zero-order valence-electron chi connectivity index (χ0n) is 23.3. The van der Waals surface area contributed by atoms with E-state index in [1.54, 1.807) is 50.4 Å². The molecule has 0 aliphatic heterocycles. The lowest BCUT2D eigenvalue weighted by atomic mass is 10.1. The number of para-hydroxylation sites is 2. The molecule has 0 spiro atoms. The second-order valence-electron chi connectivity index (χ2n) is 9.52. The maximum absolute atomic E-state index is 13.4. The Morgan fingerprint density at radius 2 is 1.68 bits per heavy atom. The molecular weight excluding hydrogens is 506 g/mol. The van der Waals surface area contributed by atoms with Crippen molar-refractivity contribution in [3.8, 4) is 11.5 Å². The Balaban J connectivity index is 2.20. The molecule has 9 nitrogen and oxygen atoms in total. The fourth-order valence-electron chi connectivity index (χ4n) is 3.89. The van der Waals surface area contributed by atoms with Crippen molar-refractivity contribution in [3.05, 3.63) is 54.1 Å². The van der Waals surface area contributed by atoms with Gasteiger partial charge in [0.2, 0.25) is 21.8 Å². The van der Waals surface area contributed by atoms with Crippen LogP contribution in [0.15, 0.2) is 48.5 Å². The standard InChI is InChI=1S/C28H41N3O6S/c1-7-37-26-12-9-8-11-25(26)31(38(6,34)35)18-10-13-27(32)30(22(4)28(33)29-19-21(2)3)20-23-14-16-24(36-5)17-15-23/h8-9,11-12,14-17,21-22H,7,10,13,18-20H2,1-6H3,(H,29,33)/t22-/m0/s1. The minimum atomic E-state index is -3.63. The first-order valence-electron chi connectivity index (χ1n) is 12.9. The highest BCUT2D eigenvalue weighted by atomic mass is 32.2. The normalized spacial score (nSPS) is 12.1. The summed E-state index contributed by atoms with van der Waals surface area (Å²) in [4.78, 5) is 27.8. The molecular formula is C28H41N3O6S. The molecule has 1 atom stereocenters. The maximum atomic E-state index is 13.4. The molecule has 1 N–H and O–H groups in total. The van der Waals surface area contributed by atoms with Crippen LogP contribution in [0.5, 0.6) is 11.5 Å². The van der Waals surface area contributed by atoms with E-state index in [0.29, 0.717) is 30.3 Å². The van der Waals surface area contributed by atoms with E-state index in [4.69, 9.17) is 9.47 Å². The first-order valence-corrected chi connectivity index (χ1v) is 14.7. The molecule has 0 unspecified atom stereocenters. The number of sulfonamides is 1. The maximum Gasteiger partial charge on any atom is 0.242 e. The van der Waals surface area contributed by atoms with Crippen molar-refractivity contribution in [2.75, 3.05) is 37.4 Å². The number of ether oxygens (including phenoxy) is 2. The van der Waals surface area contributed by atoms with Crippen LogP contribution in [0.2, 0.25) is 0 Å². The van der Waals surface area contributed by atoms with E-state index >= 15 is 0 Å². The van der Waals surface area contributed by atoms with E-state index in [2.05, 4.69) is 5.32 Å². The molecule has 0 fully saturated rings. The Hall–Kier alpha value is -3.27. The third-order valence-corrected chi connectivity index (χ3v) is 7.13. The lowest BCUT2D eigenvalue weighted by Crippen LogP contribution is -2.48. The van der Waals surface area contributed by atoms with Crippen LogP contribution >= 0.6 is 0 Å². The van der Waals surface area contributed by atoms with Crippen LogP contribution in [0, 0.1) is 5.92 Å².